The van der Waals surface area contributed by atoms with Crippen LogP contribution in [0, 0.1) is 11.6 Å². The third-order valence-corrected chi connectivity index (χ3v) is 6.26. The maximum absolute atomic E-state index is 17.0. The van der Waals surface area contributed by atoms with Gasteiger partial charge in [0.05, 0.1) is 7.11 Å². The highest BCUT2D eigenvalue weighted by Crippen LogP contribution is 2.46. The fraction of sp³-hybridized carbons (Fsp3) is 0.167. The van der Waals surface area contributed by atoms with E-state index in [1.165, 1.54) is 48.5 Å². The van der Waals surface area contributed by atoms with Crippen molar-refractivity contribution >= 4 is 5.91 Å². The van der Waals surface area contributed by atoms with E-state index < -0.39 is 53.1 Å². The van der Waals surface area contributed by atoms with Crippen molar-refractivity contribution in [1.82, 2.24) is 5.32 Å². The van der Waals surface area contributed by atoms with Gasteiger partial charge in [-0.15, -0.1) is 0 Å². The number of methoxy groups -OCH3 is 1. The van der Waals surface area contributed by atoms with Crippen LogP contribution in [0.3, 0.4) is 0 Å². The predicted molar refractivity (Wildman–Crippen MR) is 136 cm³/mol. The third-order valence-electron chi connectivity index (χ3n) is 6.26. The van der Waals surface area contributed by atoms with Gasteiger partial charge in [-0.3, -0.25) is 4.79 Å². The molecule has 214 valence electrons. The van der Waals surface area contributed by atoms with Crippen LogP contribution in [-0.4, -0.2) is 25.6 Å². The number of amides is 1. The van der Waals surface area contributed by atoms with Crippen molar-refractivity contribution in [2.75, 3.05) is 7.11 Å². The van der Waals surface area contributed by atoms with Crippen molar-refractivity contribution in [3.8, 4) is 11.5 Å². The average molecular weight is 577 g/mol. The Bertz CT molecular complexity index is 1500. The standard InChI is InChI=1S/C30H22F7NO3/c1-40-25-16-20(12-13-24(25)32)29(26(33)18-8-4-2-5-9-18,38-27(39)19-10-6-3-7-11-19)21-14-22(31)17-23(15-21)41-30(36,37)28(34)35/h2-17,26,28H,1H3,(H,38,39)/t26-,29-/m1/s1. The molecule has 11 heteroatoms. The lowest BCUT2D eigenvalue weighted by Gasteiger charge is -2.39. The van der Waals surface area contributed by atoms with Gasteiger partial charge in [-0.05, 0) is 53.1 Å². The summed E-state index contributed by atoms with van der Waals surface area (Å²) in [5.74, 6) is -4.45. The van der Waals surface area contributed by atoms with E-state index in [0.29, 0.717) is 12.1 Å². The van der Waals surface area contributed by atoms with Crippen molar-refractivity contribution in [1.29, 1.82) is 0 Å². The van der Waals surface area contributed by atoms with E-state index in [0.717, 1.165) is 31.4 Å². The normalized spacial score (nSPS) is 13.8. The van der Waals surface area contributed by atoms with Gasteiger partial charge in [0.1, 0.15) is 17.1 Å². The number of alkyl halides is 5. The van der Waals surface area contributed by atoms with Crippen LogP contribution in [0.15, 0.2) is 97.1 Å². The summed E-state index contributed by atoms with van der Waals surface area (Å²) in [6, 6.07) is 19.7. The highest BCUT2D eigenvalue weighted by Gasteiger charge is 2.48. The van der Waals surface area contributed by atoms with Crippen molar-refractivity contribution in [3.05, 3.63) is 131 Å². The molecule has 41 heavy (non-hydrogen) atoms. The lowest BCUT2D eigenvalue weighted by atomic mass is 9.76. The second-order valence-electron chi connectivity index (χ2n) is 8.89. The monoisotopic (exact) mass is 577 g/mol. The summed E-state index contributed by atoms with van der Waals surface area (Å²) in [6.07, 6.45) is -11.6. The van der Waals surface area contributed by atoms with E-state index in [-0.39, 0.29) is 22.4 Å². The first-order valence-corrected chi connectivity index (χ1v) is 12.0. The first-order chi connectivity index (χ1) is 19.5. The van der Waals surface area contributed by atoms with E-state index in [2.05, 4.69) is 10.1 Å². The van der Waals surface area contributed by atoms with Gasteiger partial charge in [0.15, 0.2) is 17.7 Å². The molecule has 0 aromatic heterocycles. The van der Waals surface area contributed by atoms with Gasteiger partial charge < -0.3 is 14.8 Å². The fourth-order valence-corrected chi connectivity index (χ4v) is 4.34. The summed E-state index contributed by atoms with van der Waals surface area (Å²) in [5, 5.41) is 2.54. The Hall–Kier alpha value is -4.54. The lowest BCUT2D eigenvalue weighted by molar-refractivity contribution is -0.253. The van der Waals surface area contributed by atoms with Crippen molar-refractivity contribution in [3.63, 3.8) is 0 Å². The van der Waals surface area contributed by atoms with E-state index in [1.54, 1.807) is 12.1 Å². The molecule has 0 radical (unpaired) electrons. The Morgan fingerprint density at radius 3 is 2.05 bits per heavy atom. The molecule has 0 unspecified atom stereocenters. The number of nitrogens with one attached hydrogen (secondary N) is 1. The zero-order valence-corrected chi connectivity index (χ0v) is 21.3. The van der Waals surface area contributed by atoms with Crippen LogP contribution in [0.4, 0.5) is 30.7 Å². The molecule has 0 aliphatic carbocycles. The highest BCUT2D eigenvalue weighted by atomic mass is 19.3. The minimum atomic E-state index is -5.02. The smallest absolute Gasteiger partial charge is 0.461 e. The van der Waals surface area contributed by atoms with Crippen molar-refractivity contribution in [2.45, 2.75) is 24.2 Å². The summed E-state index contributed by atoms with van der Waals surface area (Å²) >= 11 is 0. The molecule has 0 saturated heterocycles. The number of benzene rings is 4. The molecule has 2 atom stereocenters. The van der Waals surface area contributed by atoms with Crippen LogP contribution in [0.1, 0.15) is 33.2 Å². The lowest BCUT2D eigenvalue weighted by Crippen LogP contribution is -2.50. The number of hydrogen-bond donors (Lipinski definition) is 1. The summed E-state index contributed by atoms with van der Waals surface area (Å²) < 4.78 is 109. The summed E-state index contributed by atoms with van der Waals surface area (Å²) in [4.78, 5) is 13.5. The molecule has 0 aliphatic rings. The molecule has 0 bridgehead atoms. The number of halogens is 7. The predicted octanol–water partition coefficient (Wildman–Crippen LogP) is 7.59. The van der Waals surface area contributed by atoms with Crippen LogP contribution >= 0.6 is 0 Å². The molecule has 4 aromatic rings. The van der Waals surface area contributed by atoms with Crippen LogP contribution in [-0.2, 0) is 5.54 Å². The molecule has 4 nitrogen and oxygen atoms in total. The van der Waals surface area contributed by atoms with Crippen molar-refractivity contribution in [2.24, 2.45) is 0 Å². The van der Waals surface area contributed by atoms with Gasteiger partial charge in [-0.2, -0.15) is 17.6 Å². The van der Waals surface area contributed by atoms with Crippen LogP contribution in [0.25, 0.3) is 0 Å². The maximum Gasteiger partial charge on any atom is 0.461 e. The summed E-state index contributed by atoms with van der Waals surface area (Å²) in [5.41, 5.74) is -3.16. The number of carbonyl (C=O) groups excluding carboxylic acids is 1. The minimum Gasteiger partial charge on any atom is -0.494 e. The minimum absolute atomic E-state index is 0.0447. The van der Waals surface area contributed by atoms with E-state index >= 15 is 4.39 Å². The zero-order valence-electron chi connectivity index (χ0n) is 21.3. The van der Waals surface area contributed by atoms with Gasteiger partial charge >= 0.3 is 12.5 Å². The number of carbonyl (C=O) groups is 1. The zero-order chi connectivity index (χ0) is 29.8. The van der Waals surface area contributed by atoms with Crippen LogP contribution < -0.4 is 14.8 Å². The molecule has 0 aliphatic heterocycles. The first kappa shape index (κ1) is 29.4. The molecule has 1 N–H and O–H groups in total. The molecule has 0 heterocycles. The largest absolute Gasteiger partial charge is 0.494 e. The van der Waals surface area contributed by atoms with Gasteiger partial charge in [-0.1, -0.05) is 54.6 Å². The Morgan fingerprint density at radius 1 is 0.805 bits per heavy atom. The van der Waals surface area contributed by atoms with Gasteiger partial charge in [0, 0.05) is 11.6 Å². The Kier molecular flexibility index (Phi) is 8.55. The molecule has 4 aromatic carbocycles. The van der Waals surface area contributed by atoms with Gasteiger partial charge in [-0.25, -0.2) is 13.2 Å². The average Bonchev–Trinajstić information content (AvgIpc) is 2.96. The van der Waals surface area contributed by atoms with Crippen molar-refractivity contribution < 1.29 is 45.0 Å². The molecule has 4 rings (SSSR count). The Morgan fingerprint density at radius 2 is 1.44 bits per heavy atom. The SMILES string of the molecule is COc1cc([C@@](NC(=O)c2ccccc2)(c2cc(F)cc(OC(F)(F)C(F)F)c2)[C@H](F)c2ccccc2)ccc1F. The van der Waals surface area contributed by atoms with E-state index in [4.69, 9.17) is 4.74 Å². The highest BCUT2D eigenvalue weighted by molar-refractivity contribution is 5.95. The molecule has 1 amide bonds. The number of hydrogen-bond acceptors (Lipinski definition) is 3. The second kappa shape index (κ2) is 11.9. The third kappa shape index (κ3) is 6.13. The fourth-order valence-electron chi connectivity index (χ4n) is 4.34. The van der Waals surface area contributed by atoms with E-state index in [9.17, 15) is 31.1 Å². The quantitative estimate of drug-likeness (QED) is 0.198. The first-order valence-electron chi connectivity index (χ1n) is 12.0. The maximum atomic E-state index is 17.0. The topological polar surface area (TPSA) is 47.6 Å². The van der Waals surface area contributed by atoms with Gasteiger partial charge in [0.2, 0.25) is 0 Å². The second-order valence-corrected chi connectivity index (χ2v) is 8.89. The summed E-state index contributed by atoms with van der Waals surface area (Å²) in [6.45, 7) is 0. The molecule has 0 spiro atoms. The summed E-state index contributed by atoms with van der Waals surface area (Å²) in [7, 11) is 1.14. The van der Waals surface area contributed by atoms with Crippen LogP contribution in [0.5, 0.6) is 11.5 Å². The number of rotatable bonds is 10. The Labute approximate surface area is 230 Å². The molecule has 0 fully saturated rings. The molecular formula is C30H22F7NO3. The number of ether oxygens (including phenoxy) is 2. The molecule has 0 saturated carbocycles. The Balaban J connectivity index is 2.04. The molecular weight excluding hydrogens is 555 g/mol. The van der Waals surface area contributed by atoms with E-state index in [1.807, 2.05) is 0 Å². The van der Waals surface area contributed by atoms with Crippen LogP contribution in [0.2, 0.25) is 0 Å². The van der Waals surface area contributed by atoms with Gasteiger partial charge in [0.25, 0.3) is 5.91 Å².